The van der Waals surface area contributed by atoms with Crippen molar-refractivity contribution in [2.24, 2.45) is 0 Å². The van der Waals surface area contributed by atoms with Crippen LogP contribution in [-0.2, 0) is 9.59 Å². The van der Waals surface area contributed by atoms with E-state index in [1.54, 1.807) is 0 Å². The molecule has 0 unspecified atom stereocenters. The predicted octanol–water partition coefficient (Wildman–Crippen LogP) is -1.57. The maximum absolute atomic E-state index is 10.4. The molecule has 1 aliphatic rings. The number of carboxylic acid groups (broad SMARTS) is 1. The van der Waals surface area contributed by atoms with Crippen molar-refractivity contribution in [1.29, 1.82) is 0 Å². The summed E-state index contributed by atoms with van der Waals surface area (Å²) < 4.78 is 0. The zero-order chi connectivity index (χ0) is 6.85. The standard InChI is InChI=1S/C5H7NO3.Ca.2H/c7-4-2-1-3(6-4)5(8)9;;;/h3H,1-2H2,(H,6,7)(H,8,9);;;/t3-;;;/m0.../s1. The van der Waals surface area contributed by atoms with Gasteiger partial charge in [0.05, 0.1) is 0 Å². The number of carbonyl (C=O) groups excluding carboxylic acids is 1. The number of carboxylic acids is 1. The summed E-state index contributed by atoms with van der Waals surface area (Å²) in [6.07, 6.45) is 0.769. The predicted molar refractivity (Wildman–Crippen MR) is 37.3 cm³/mol. The molecule has 0 aromatic heterocycles. The second-order valence-corrected chi connectivity index (χ2v) is 2.00. The first-order chi connectivity index (χ1) is 4.20. The van der Waals surface area contributed by atoms with Crippen molar-refractivity contribution < 1.29 is 14.7 Å². The van der Waals surface area contributed by atoms with Crippen molar-refractivity contribution in [2.75, 3.05) is 0 Å². The average Bonchev–Trinajstić information content (AvgIpc) is 2.14. The van der Waals surface area contributed by atoms with Crippen LogP contribution in [-0.4, -0.2) is 60.8 Å². The van der Waals surface area contributed by atoms with Gasteiger partial charge >= 0.3 is 43.7 Å². The first kappa shape index (κ1) is 10.2. The molecule has 0 aromatic rings. The summed E-state index contributed by atoms with van der Waals surface area (Å²) >= 11 is 0. The van der Waals surface area contributed by atoms with E-state index in [0.717, 1.165) is 0 Å². The van der Waals surface area contributed by atoms with Gasteiger partial charge < -0.3 is 10.4 Å². The van der Waals surface area contributed by atoms with Gasteiger partial charge in [-0.25, -0.2) is 4.79 Å². The van der Waals surface area contributed by atoms with Crippen LogP contribution in [0.15, 0.2) is 0 Å². The summed E-state index contributed by atoms with van der Waals surface area (Å²) in [6, 6.07) is -0.641. The van der Waals surface area contributed by atoms with Crippen LogP contribution in [0, 0.1) is 0 Å². The maximum atomic E-state index is 10.4. The minimum atomic E-state index is -0.944. The number of amides is 1. The molecule has 0 aliphatic carbocycles. The first-order valence-electron chi connectivity index (χ1n) is 2.72. The monoisotopic (exact) mass is 171 g/mol. The normalized spacial score (nSPS) is 23.2. The van der Waals surface area contributed by atoms with E-state index in [9.17, 15) is 9.59 Å². The molecule has 54 valence electrons. The van der Waals surface area contributed by atoms with Crippen molar-refractivity contribution >= 4 is 49.6 Å². The molecule has 1 heterocycles. The molecule has 1 amide bonds. The van der Waals surface area contributed by atoms with Gasteiger partial charge in [0.15, 0.2) is 0 Å². The van der Waals surface area contributed by atoms with Gasteiger partial charge in [-0.3, -0.25) is 4.79 Å². The summed E-state index contributed by atoms with van der Waals surface area (Å²) in [7, 11) is 0. The van der Waals surface area contributed by atoms with Crippen LogP contribution in [0.2, 0.25) is 0 Å². The number of hydrogen-bond acceptors (Lipinski definition) is 2. The second kappa shape index (κ2) is 4.16. The van der Waals surface area contributed by atoms with Crippen molar-refractivity contribution in [2.45, 2.75) is 18.9 Å². The van der Waals surface area contributed by atoms with Crippen LogP contribution in [0.1, 0.15) is 12.8 Å². The average molecular weight is 171 g/mol. The SMILES string of the molecule is O=C1CC[C@@H](C(=O)O)N1.[CaH2]. The summed E-state index contributed by atoms with van der Waals surface area (Å²) in [5, 5.41) is 10.6. The van der Waals surface area contributed by atoms with E-state index in [-0.39, 0.29) is 43.6 Å². The minimum absolute atomic E-state index is 0. The van der Waals surface area contributed by atoms with E-state index in [2.05, 4.69) is 5.32 Å². The molecule has 1 aliphatic heterocycles. The van der Waals surface area contributed by atoms with Gasteiger partial charge in [-0.1, -0.05) is 0 Å². The molecule has 1 atom stereocenters. The van der Waals surface area contributed by atoms with Crippen LogP contribution in [0.4, 0.5) is 0 Å². The quantitative estimate of drug-likeness (QED) is 0.469. The van der Waals surface area contributed by atoms with E-state index in [4.69, 9.17) is 5.11 Å². The molecule has 0 saturated carbocycles. The van der Waals surface area contributed by atoms with E-state index in [0.29, 0.717) is 12.8 Å². The summed E-state index contributed by atoms with van der Waals surface area (Å²) in [5.74, 6) is -1.11. The van der Waals surface area contributed by atoms with Crippen LogP contribution in [0.25, 0.3) is 0 Å². The summed E-state index contributed by atoms with van der Waals surface area (Å²) in [4.78, 5) is 20.5. The molecule has 1 saturated heterocycles. The third kappa shape index (κ3) is 2.44. The van der Waals surface area contributed by atoms with Gasteiger partial charge in [-0.05, 0) is 6.42 Å². The second-order valence-electron chi connectivity index (χ2n) is 2.00. The topological polar surface area (TPSA) is 66.4 Å². The van der Waals surface area contributed by atoms with Crippen molar-refractivity contribution in [3.05, 3.63) is 0 Å². The number of carbonyl (C=O) groups is 2. The van der Waals surface area contributed by atoms with E-state index < -0.39 is 12.0 Å². The Balaban J connectivity index is 0.000000810. The van der Waals surface area contributed by atoms with Gasteiger partial charge in [0.25, 0.3) is 0 Å². The number of aliphatic carboxylic acids is 1. The number of hydrogen-bond donors (Lipinski definition) is 2. The number of nitrogens with one attached hydrogen (secondary N) is 1. The Morgan fingerprint density at radius 3 is 2.50 bits per heavy atom. The molecule has 0 spiro atoms. The molecular weight excluding hydrogens is 162 g/mol. The van der Waals surface area contributed by atoms with E-state index in [1.165, 1.54) is 0 Å². The molecule has 10 heavy (non-hydrogen) atoms. The van der Waals surface area contributed by atoms with Crippen molar-refractivity contribution in [3.63, 3.8) is 0 Å². The molecule has 5 heteroatoms. The summed E-state index contributed by atoms with van der Waals surface area (Å²) in [5.41, 5.74) is 0. The fourth-order valence-electron chi connectivity index (χ4n) is 0.799. The van der Waals surface area contributed by atoms with Gasteiger partial charge in [-0.15, -0.1) is 0 Å². The van der Waals surface area contributed by atoms with Gasteiger partial charge in [0.1, 0.15) is 6.04 Å². The molecule has 0 radical (unpaired) electrons. The van der Waals surface area contributed by atoms with Crippen LogP contribution < -0.4 is 5.32 Å². The molecule has 0 bridgehead atoms. The third-order valence-corrected chi connectivity index (χ3v) is 1.29. The van der Waals surface area contributed by atoms with Gasteiger partial charge in [0.2, 0.25) is 5.91 Å². The zero-order valence-corrected chi connectivity index (χ0v) is 4.76. The van der Waals surface area contributed by atoms with Crippen LogP contribution in [0.3, 0.4) is 0 Å². The molecule has 4 nitrogen and oxygen atoms in total. The Hall–Kier alpha value is 0.200. The zero-order valence-electron chi connectivity index (χ0n) is 4.76. The Morgan fingerprint density at radius 1 is 1.70 bits per heavy atom. The fraction of sp³-hybridized carbons (Fsp3) is 0.600. The molecule has 1 rings (SSSR count). The first-order valence-corrected chi connectivity index (χ1v) is 2.72. The number of rotatable bonds is 1. The summed E-state index contributed by atoms with van der Waals surface area (Å²) in [6.45, 7) is 0. The third-order valence-electron chi connectivity index (χ3n) is 1.29. The fourth-order valence-corrected chi connectivity index (χ4v) is 0.799. The van der Waals surface area contributed by atoms with E-state index in [1.807, 2.05) is 0 Å². The Kier molecular flexibility index (Phi) is 4.24. The Bertz CT molecular complexity index is 159. The van der Waals surface area contributed by atoms with Crippen molar-refractivity contribution in [3.8, 4) is 0 Å². The Labute approximate surface area is 88.0 Å². The Morgan fingerprint density at radius 2 is 2.30 bits per heavy atom. The van der Waals surface area contributed by atoms with Gasteiger partial charge in [-0.2, -0.15) is 0 Å². The van der Waals surface area contributed by atoms with E-state index >= 15 is 0 Å². The molecule has 1 fully saturated rings. The molecule has 0 aromatic carbocycles. The van der Waals surface area contributed by atoms with Crippen LogP contribution in [0.5, 0.6) is 0 Å². The molecule has 2 N–H and O–H groups in total. The van der Waals surface area contributed by atoms with Crippen molar-refractivity contribution in [1.82, 2.24) is 5.32 Å². The van der Waals surface area contributed by atoms with Crippen LogP contribution >= 0.6 is 0 Å². The molecular formula is C5H9CaNO3. The van der Waals surface area contributed by atoms with Gasteiger partial charge in [0, 0.05) is 6.42 Å².